The van der Waals surface area contributed by atoms with E-state index >= 15 is 0 Å². The van der Waals surface area contributed by atoms with Gasteiger partial charge in [-0.2, -0.15) is 0 Å². The predicted octanol–water partition coefficient (Wildman–Crippen LogP) is 3.10. The Kier molecular flexibility index (Phi) is 3.56. The molecule has 0 saturated heterocycles. The monoisotopic (exact) mass is 329 g/mol. The van der Waals surface area contributed by atoms with Gasteiger partial charge in [-0.05, 0) is 41.1 Å². The zero-order valence-electron chi connectivity index (χ0n) is 10.8. The van der Waals surface area contributed by atoms with Crippen LogP contribution in [0.3, 0.4) is 0 Å². The van der Waals surface area contributed by atoms with Crippen LogP contribution in [0.2, 0.25) is 0 Å². The molecule has 6 heteroatoms. The molecule has 20 heavy (non-hydrogen) atoms. The van der Waals surface area contributed by atoms with Crippen LogP contribution in [0.5, 0.6) is 0 Å². The molecule has 3 aromatic rings. The molecule has 0 unspecified atom stereocenters. The number of aryl methyl sites for hydroxylation is 1. The molecular formula is C14H12BrN5. The molecule has 0 aliphatic carbocycles. The lowest BCUT2D eigenvalue weighted by molar-refractivity contribution is 0.955. The molecule has 100 valence electrons. The van der Waals surface area contributed by atoms with Crippen molar-refractivity contribution < 1.29 is 0 Å². The molecule has 0 atom stereocenters. The summed E-state index contributed by atoms with van der Waals surface area (Å²) in [6, 6.07) is 5.76. The third kappa shape index (κ3) is 2.75. The van der Waals surface area contributed by atoms with Crippen LogP contribution in [0.15, 0.2) is 41.3 Å². The van der Waals surface area contributed by atoms with E-state index in [4.69, 9.17) is 0 Å². The summed E-state index contributed by atoms with van der Waals surface area (Å²) < 4.78 is 0.918. The molecule has 5 nitrogen and oxygen atoms in total. The molecule has 1 N–H and O–H groups in total. The molecule has 0 aromatic carbocycles. The van der Waals surface area contributed by atoms with E-state index in [0.29, 0.717) is 6.54 Å². The number of nitrogens with zero attached hydrogens (tertiary/aromatic N) is 4. The third-order valence-electron chi connectivity index (χ3n) is 2.84. The Morgan fingerprint density at radius 2 is 2.00 bits per heavy atom. The number of rotatable bonds is 3. The van der Waals surface area contributed by atoms with E-state index < -0.39 is 0 Å². The lowest BCUT2D eigenvalue weighted by Crippen LogP contribution is -2.04. The number of anilines is 1. The van der Waals surface area contributed by atoms with Crippen molar-refractivity contribution in [1.82, 2.24) is 19.9 Å². The van der Waals surface area contributed by atoms with Crippen molar-refractivity contribution in [2.45, 2.75) is 13.5 Å². The quantitative estimate of drug-likeness (QED) is 0.799. The maximum Gasteiger partial charge on any atom is 0.125 e. The van der Waals surface area contributed by atoms with Crippen molar-refractivity contribution in [1.29, 1.82) is 0 Å². The first-order valence-electron chi connectivity index (χ1n) is 6.15. The SMILES string of the molecule is Cc1nccc(CNc2ccnc3cc(Br)cnc23)n1. The van der Waals surface area contributed by atoms with Crippen LogP contribution in [-0.2, 0) is 6.54 Å². The van der Waals surface area contributed by atoms with Gasteiger partial charge in [-0.15, -0.1) is 0 Å². The van der Waals surface area contributed by atoms with E-state index in [0.717, 1.165) is 32.7 Å². The summed E-state index contributed by atoms with van der Waals surface area (Å²) in [6.45, 7) is 2.50. The molecule has 0 spiro atoms. The van der Waals surface area contributed by atoms with Gasteiger partial charge in [0.25, 0.3) is 0 Å². The first kappa shape index (κ1) is 12.9. The van der Waals surface area contributed by atoms with E-state index in [1.165, 1.54) is 0 Å². The van der Waals surface area contributed by atoms with Gasteiger partial charge in [0.2, 0.25) is 0 Å². The maximum atomic E-state index is 4.41. The largest absolute Gasteiger partial charge is 0.378 e. The van der Waals surface area contributed by atoms with Crippen LogP contribution in [0.1, 0.15) is 11.5 Å². The Bertz CT molecular complexity index is 759. The number of fused-ring (bicyclic) bond motifs is 1. The fourth-order valence-electron chi connectivity index (χ4n) is 1.94. The van der Waals surface area contributed by atoms with Gasteiger partial charge in [0.05, 0.1) is 23.4 Å². The standard InChI is InChI=1S/C14H12BrN5/c1-9-16-4-2-11(20-9)8-18-12-3-5-17-13-6-10(15)7-19-14(12)13/h2-7H,8H2,1H3,(H,17,18). The minimum Gasteiger partial charge on any atom is -0.378 e. The fraction of sp³-hybridized carbons (Fsp3) is 0.143. The Labute approximate surface area is 124 Å². The van der Waals surface area contributed by atoms with Gasteiger partial charge in [-0.25, -0.2) is 9.97 Å². The van der Waals surface area contributed by atoms with Crippen LogP contribution < -0.4 is 5.32 Å². The highest BCUT2D eigenvalue weighted by molar-refractivity contribution is 9.10. The second-order valence-corrected chi connectivity index (χ2v) is 5.24. The van der Waals surface area contributed by atoms with Crippen molar-refractivity contribution in [2.75, 3.05) is 5.32 Å². The first-order chi connectivity index (χ1) is 9.72. The van der Waals surface area contributed by atoms with Gasteiger partial charge in [-0.1, -0.05) is 0 Å². The minimum absolute atomic E-state index is 0.625. The normalized spacial score (nSPS) is 10.7. The van der Waals surface area contributed by atoms with Crippen molar-refractivity contribution in [2.24, 2.45) is 0 Å². The van der Waals surface area contributed by atoms with Crippen molar-refractivity contribution >= 4 is 32.7 Å². The number of hydrogen-bond acceptors (Lipinski definition) is 5. The van der Waals surface area contributed by atoms with Gasteiger partial charge < -0.3 is 5.32 Å². The molecule has 3 rings (SSSR count). The zero-order chi connectivity index (χ0) is 13.9. The molecule has 0 bridgehead atoms. The Morgan fingerprint density at radius 1 is 1.15 bits per heavy atom. The summed E-state index contributed by atoms with van der Waals surface area (Å²) in [7, 11) is 0. The maximum absolute atomic E-state index is 4.41. The number of nitrogens with one attached hydrogen (secondary N) is 1. The van der Waals surface area contributed by atoms with Crippen molar-refractivity contribution in [3.05, 3.63) is 52.8 Å². The molecule has 0 aliphatic rings. The van der Waals surface area contributed by atoms with Crippen LogP contribution in [-0.4, -0.2) is 19.9 Å². The molecule has 0 radical (unpaired) electrons. The lowest BCUT2D eigenvalue weighted by Gasteiger charge is -2.08. The van der Waals surface area contributed by atoms with E-state index in [-0.39, 0.29) is 0 Å². The third-order valence-corrected chi connectivity index (χ3v) is 3.27. The van der Waals surface area contributed by atoms with E-state index in [1.54, 1.807) is 18.6 Å². The molecule has 0 amide bonds. The second kappa shape index (κ2) is 5.50. The first-order valence-corrected chi connectivity index (χ1v) is 6.94. The molecule has 3 aromatic heterocycles. The zero-order valence-corrected chi connectivity index (χ0v) is 12.4. The van der Waals surface area contributed by atoms with Crippen molar-refractivity contribution in [3.63, 3.8) is 0 Å². The molecule has 0 saturated carbocycles. The van der Waals surface area contributed by atoms with Crippen LogP contribution in [0.4, 0.5) is 5.69 Å². The number of aromatic nitrogens is 4. The average molecular weight is 330 g/mol. The Morgan fingerprint density at radius 3 is 2.85 bits per heavy atom. The molecule has 0 aliphatic heterocycles. The highest BCUT2D eigenvalue weighted by Crippen LogP contribution is 2.22. The lowest BCUT2D eigenvalue weighted by atomic mass is 10.2. The summed E-state index contributed by atoms with van der Waals surface area (Å²) in [5, 5.41) is 3.34. The van der Waals surface area contributed by atoms with E-state index in [1.807, 2.05) is 25.1 Å². The number of pyridine rings is 2. The predicted molar refractivity (Wildman–Crippen MR) is 81.3 cm³/mol. The van der Waals surface area contributed by atoms with Crippen molar-refractivity contribution in [3.8, 4) is 0 Å². The van der Waals surface area contributed by atoms with Crippen LogP contribution in [0.25, 0.3) is 11.0 Å². The number of hydrogen-bond donors (Lipinski definition) is 1. The van der Waals surface area contributed by atoms with Gasteiger partial charge in [0.1, 0.15) is 11.3 Å². The topological polar surface area (TPSA) is 63.6 Å². The summed E-state index contributed by atoms with van der Waals surface area (Å²) in [4.78, 5) is 17.2. The van der Waals surface area contributed by atoms with E-state index in [9.17, 15) is 0 Å². The summed E-state index contributed by atoms with van der Waals surface area (Å²) in [5.41, 5.74) is 3.59. The summed E-state index contributed by atoms with van der Waals surface area (Å²) >= 11 is 3.40. The molecule has 3 heterocycles. The Hall–Kier alpha value is -2.08. The average Bonchev–Trinajstić information content (AvgIpc) is 2.44. The fourth-order valence-corrected chi connectivity index (χ4v) is 2.26. The van der Waals surface area contributed by atoms with Crippen LogP contribution >= 0.6 is 15.9 Å². The van der Waals surface area contributed by atoms with Gasteiger partial charge in [0, 0.05) is 23.1 Å². The highest BCUT2D eigenvalue weighted by Gasteiger charge is 2.04. The van der Waals surface area contributed by atoms with Gasteiger partial charge >= 0.3 is 0 Å². The molecular weight excluding hydrogens is 318 g/mol. The van der Waals surface area contributed by atoms with Crippen LogP contribution in [0, 0.1) is 6.92 Å². The van der Waals surface area contributed by atoms with E-state index in [2.05, 4.69) is 41.2 Å². The molecule has 0 fully saturated rings. The summed E-state index contributed by atoms with van der Waals surface area (Å²) in [5.74, 6) is 0.769. The van der Waals surface area contributed by atoms with Gasteiger partial charge in [-0.3, -0.25) is 9.97 Å². The Balaban J connectivity index is 1.87. The number of halogens is 1. The second-order valence-electron chi connectivity index (χ2n) is 4.33. The van der Waals surface area contributed by atoms with Gasteiger partial charge in [0.15, 0.2) is 0 Å². The summed E-state index contributed by atoms with van der Waals surface area (Å²) in [6.07, 6.45) is 5.30. The minimum atomic E-state index is 0.625. The smallest absolute Gasteiger partial charge is 0.125 e. The highest BCUT2D eigenvalue weighted by atomic mass is 79.9.